The van der Waals surface area contributed by atoms with Gasteiger partial charge in [-0.3, -0.25) is 4.90 Å². The van der Waals surface area contributed by atoms with Crippen LogP contribution in [0.25, 0.3) is 0 Å². The Morgan fingerprint density at radius 2 is 1.54 bits per heavy atom. The Balaban J connectivity index is 1.49. The number of piperidine rings is 1. The Labute approximate surface area is 218 Å². The van der Waals surface area contributed by atoms with Crippen molar-refractivity contribution in [2.24, 2.45) is 0 Å². The van der Waals surface area contributed by atoms with Crippen molar-refractivity contribution in [1.29, 1.82) is 0 Å². The van der Waals surface area contributed by atoms with E-state index in [1.165, 1.54) is 31.8 Å². The molecule has 0 saturated carbocycles. The third kappa shape index (κ3) is 7.68. The van der Waals surface area contributed by atoms with Crippen molar-refractivity contribution < 1.29 is 38.0 Å². The number of methoxy groups -OCH3 is 4. The summed E-state index contributed by atoms with van der Waals surface area (Å²) in [5, 5.41) is 0. The van der Waals surface area contributed by atoms with Crippen LogP contribution in [-0.2, 0) is 16.0 Å². The van der Waals surface area contributed by atoms with Crippen molar-refractivity contribution in [3.8, 4) is 28.7 Å². The van der Waals surface area contributed by atoms with Gasteiger partial charge in [-0.15, -0.1) is 0 Å². The van der Waals surface area contributed by atoms with Crippen molar-refractivity contribution >= 4 is 12.1 Å². The molecule has 9 heteroatoms. The molecule has 1 aliphatic rings. The molecular formula is C28H37NO8. The minimum Gasteiger partial charge on any atom is -0.497 e. The Kier molecular flexibility index (Phi) is 10.7. The first kappa shape index (κ1) is 28.0. The Bertz CT molecular complexity index is 998. The fraction of sp³-hybridized carbons (Fsp3) is 0.500. The summed E-state index contributed by atoms with van der Waals surface area (Å²) in [6.45, 7) is 0.749. The molecule has 2 aromatic rings. The maximum absolute atomic E-state index is 13.0. The van der Waals surface area contributed by atoms with Gasteiger partial charge in [0.2, 0.25) is 5.75 Å². The number of esters is 1. The lowest BCUT2D eigenvalue weighted by molar-refractivity contribution is -0.150. The number of ether oxygens (including phenoxy) is 6. The number of unbranched alkanes of at least 4 members (excludes halogenated alkanes) is 2. The summed E-state index contributed by atoms with van der Waals surface area (Å²) in [6.07, 6.45) is 5.23. The van der Waals surface area contributed by atoms with Gasteiger partial charge in [0.1, 0.15) is 17.5 Å². The van der Waals surface area contributed by atoms with Gasteiger partial charge in [-0.1, -0.05) is 12.1 Å². The highest BCUT2D eigenvalue weighted by molar-refractivity contribution is 5.82. The number of likely N-dealkylation sites (tertiary alicyclic amines) is 1. The highest BCUT2D eigenvalue weighted by Gasteiger charge is 2.34. The number of benzene rings is 2. The first-order valence-electron chi connectivity index (χ1n) is 12.6. The molecule has 0 N–H and O–H groups in total. The maximum Gasteiger partial charge on any atom is 0.415 e. The van der Waals surface area contributed by atoms with E-state index in [0.29, 0.717) is 36.8 Å². The van der Waals surface area contributed by atoms with E-state index in [9.17, 15) is 9.59 Å². The molecule has 202 valence electrons. The molecule has 3 rings (SSSR count). The van der Waals surface area contributed by atoms with Crippen molar-refractivity contribution in [3.63, 3.8) is 0 Å². The summed E-state index contributed by atoms with van der Waals surface area (Å²) in [4.78, 5) is 27.3. The number of amides is 1. The molecule has 0 aromatic heterocycles. The van der Waals surface area contributed by atoms with E-state index in [2.05, 4.69) is 12.1 Å². The molecule has 1 fully saturated rings. The average Bonchev–Trinajstić information content (AvgIpc) is 2.94. The second-order valence-corrected chi connectivity index (χ2v) is 8.76. The molecule has 9 nitrogen and oxygen atoms in total. The van der Waals surface area contributed by atoms with Crippen molar-refractivity contribution in [1.82, 2.24) is 4.90 Å². The van der Waals surface area contributed by atoms with E-state index < -0.39 is 18.1 Å². The average molecular weight is 516 g/mol. The van der Waals surface area contributed by atoms with E-state index in [0.717, 1.165) is 44.3 Å². The molecule has 0 aliphatic carbocycles. The van der Waals surface area contributed by atoms with Gasteiger partial charge in [0.15, 0.2) is 11.5 Å². The van der Waals surface area contributed by atoms with Crippen molar-refractivity contribution in [3.05, 3.63) is 42.0 Å². The quantitative estimate of drug-likeness (QED) is 0.287. The van der Waals surface area contributed by atoms with Crippen LogP contribution in [0.1, 0.15) is 44.1 Å². The van der Waals surface area contributed by atoms with Gasteiger partial charge in [-0.25, -0.2) is 9.59 Å². The molecule has 37 heavy (non-hydrogen) atoms. The largest absolute Gasteiger partial charge is 0.497 e. The topological polar surface area (TPSA) is 92.8 Å². The molecule has 0 radical (unpaired) electrons. The first-order valence-corrected chi connectivity index (χ1v) is 12.6. The van der Waals surface area contributed by atoms with Crippen LogP contribution in [0.15, 0.2) is 36.4 Å². The van der Waals surface area contributed by atoms with Crippen LogP contribution in [0.2, 0.25) is 0 Å². The monoisotopic (exact) mass is 515 g/mol. The number of aryl methyl sites for hydroxylation is 1. The summed E-state index contributed by atoms with van der Waals surface area (Å²) >= 11 is 0. The van der Waals surface area contributed by atoms with Crippen LogP contribution < -0.4 is 23.7 Å². The van der Waals surface area contributed by atoms with Gasteiger partial charge in [0.05, 0.1) is 35.0 Å². The lowest BCUT2D eigenvalue weighted by Crippen LogP contribution is -2.49. The SMILES string of the molecule is COc1ccc(CCCCCOC(=O)[C@@H]2CCCCN2C(=O)Oc2cc(OC)c(OC)c(OC)c2)cc1. The minimum atomic E-state index is -0.664. The van der Waals surface area contributed by atoms with Gasteiger partial charge in [-0.05, 0) is 62.6 Å². The first-order chi connectivity index (χ1) is 18.0. The number of hydrogen-bond donors (Lipinski definition) is 0. The van der Waals surface area contributed by atoms with Gasteiger partial charge in [0.25, 0.3) is 0 Å². The maximum atomic E-state index is 13.0. The number of carbonyl (C=O) groups excluding carboxylic acids is 2. The smallest absolute Gasteiger partial charge is 0.415 e. The third-order valence-corrected chi connectivity index (χ3v) is 6.37. The zero-order valence-corrected chi connectivity index (χ0v) is 22.1. The van der Waals surface area contributed by atoms with Gasteiger partial charge < -0.3 is 28.4 Å². The zero-order chi connectivity index (χ0) is 26.6. The van der Waals surface area contributed by atoms with Crippen LogP contribution >= 0.6 is 0 Å². The molecular weight excluding hydrogens is 478 g/mol. The lowest BCUT2D eigenvalue weighted by atomic mass is 10.0. The number of rotatable bonds is 12. The Morgan fingerprint density at radius 1 is 0.838 bits per heavy atom. The van der Waals surface area contributed by atoms with E-state index in [4.69, 9.17) is 28.4 Å². The van der Waals surface area contributed by atoms with E-state index in [-0.39, 0.29) is 5.75 Å². The van der Waals surface area contributed by atoms with Crippen molar-refractivity contribution in [2.75, 3.05) is 41.6 Å². The summed E-state index contributed by atoms with van der Waals surface area (Å²) in [7, 11) is 6.12. The zero-order valence-electron chi connectivity index (χ0n) is 22.1. The molecule has 1 amide bonds. The standard InChI is InChI=1S/C28H37NO8/c1-32-21-14-12-20(13-15-21)10-6-5-9-17-36-27(30)23-11-7-8-16-29(23)28(31)37-22-18-24(33-2)26(35-4)25(19-22)34-3/h12-15,18-19,23H,5-11,16-17H2,1-4H3/t23-/m0/s1. The van der Waals surface area contributed by atoms with Crippen LogP contribution in [0, 0.1) is 0 Å². The van der Waals surface area contributed by atoms with Gasteiger partial charge >= 0.3 is 12.1 Å². The predicted octanol–water partition coefficient (Wildman–Crippen LogP) is 5.03. The summed E-state index contributed by atoms with van der Waals surface area (Å²) in [5.41, 5.74) is 1.25. The molecule has 1 saturated heterocycles. The molecule has 1 atom stereocenters. The Hall–Kier alpha value is -3.62. The minimum absolute atomic E-state index is 0.231. The second-order valence-electron chi connectivity index (χ2n) is 8.76. The van der Waals surface area contributed by atoms with Crippen LogP contribution in [0.3, 0.4) is 0 Å². The summed E-state index contributed by atoms with van der Waals surface area (Å²) in [5.74, 6) is 1.82. The molecule has 1 aliphatic heterocycles. The van der Waals surface area contributed by atoms with E-state index >= 15 is 0 Å². The number of hydrogen-bond acceptors (Lipinski definition) is 8. The van der Waals surface area contributed by atoms with Gasteiger partial charge in [0, 0.05) is 18.7 Å². The summed E-state index contributed by atoms with van der Waals surface area (Å²) < 4.78 is 32.3. The molecule has 0 bridgehead atoms. The normalized spacial score (nSPS) is 15.0. The lowest BCUT2D eigenvalue weighted by Gasteiger charge is -2.33. The predicted molar refractivity (Wildman–Crippen MR) is 138 cm³/mol. The molecule has 0 spiro atoms. The van der Waals surface area contributed by atoms with Gasteiger partial charge in [-0.2, -0.15) is 0 Å². The van der Waals surface area contributed by atoms with Crippen LogP contribution in [0.4, 0.5) is 4.79 Å². The second kappa shape index (κ2) is 14.2. The van der Waals surface area contributed by atoms with E-state index in [1.54, 1.807) is 19.2 Å². The number of carbonyl (C=O) groups is 2. The molecule has 0 unspecified atom stereocenters. The highest BCUT2D eigenvalue weighted by atomic mass is 16.6. The van der Waals surface area contributed by atoms with Crippen molar-refractivity contribution in [2.45, 2.75) is 51.0 Å². The fourth-order valence-electron chi connectivity index (χ4n) is 4.34. The third-order valence-electron chi connectivity index (χ3n) is 6.37. The fourth-order valence-corrected chi connectivity index (χ4v) is 4.34. The Morgan fingerprint density at radius 3 is 2.16 bits per heavy atom. The molecule has 2 aromatic carbocycles. The molecule has 1 heterocycles. The van der Waals surface area contributed by atoms with Crippen LogP contribution in [-0.4, -0.2) is 64.6 Å². The highest BCUT2D eigenvalue weighted by Crippen LogP contribution is 2.41. The summed E-state index contributed by atoms with van der Waals surface area (Å²) in [6, 6.07) is 10.5. The number of nitrogens with zero attached hydrogens (tertiary/aromatic N) is 1. The van der Waals surface area contributed by atoms with E-state index in [1.807, 2.05) is 12.1 Å². The van der Waals surface area contributed by atoms with Crippen LogP contribution in [0.5, 0.6) is 28.7 Å².